The summed E-state index contributed by atoms with van der Waals surface area (Å²) in [5.74, 6) is 2.34. The van der Waals surface area contributed by atoms with Gasteiger partial charge in [-0.1, -0.05) is 25.7 Å². The van der Waals surface area contributed by atoms with E-state index in [9.17, 15) is 4.79 Å². The summed E-state index contributed by atoms with van der Waals surface area (Å²) in [6.07, 6.45) is 7.01. The van der Waals surface area contributed by atoms with Crippen LogP contribution in [0.1, 0.15) is 54.8 Å². The average molecular weight is 343 g/mol. The molecule has 0 atom stereocenters. The van der Waals surface area contributed by atoms with E-state index in [1.807, 2.05) is 24.3 Å². The number of furan rings is 1. The van der Waals surface area contributed by atoms with Gasteiger partial charge in [0.15, 0.2) is 5.76 Å². The molecule has 1 fully saturated rings. The number of amides is 1. The quantitative estimate of drug-likeness (QED) is 0.794. The number of nitrogens with one attached hydrogen (secondary N) is 1. The van der Waals surface area contributed by atoms with Gasteiger partial charge in [0, 0.05) is 6.04 Å². The van der Waals surface area contributed by atoms with Crippen LogP contribution in [0, 0.1) is 0 Å². The van der Waals surface area contributed by atoms with Crippen LogP contribution in [0.4, 0.5) is 0 Å². The fourth-order valence-corrected chi connectivity index (χ4v) is 3.08. The van der Waals surface area contributed by atoms with Gasteiger partial charge in [0.05, 0.1) is 7.11 Å². The molecule has 5 nitrogen and oxygen atoms in total. The second kappa shape index (κ2) is 8.60. The van der Waals surface area contributed by atoms with Crippen LogP contribution >= 0.6 is 0 Å². The molecular formula is C20H25NO4. The van der Waals surface area contributed by atoms with E-state index in [1.165, 1.54) is 25.7 Å². The van der Waals surface area contributed by atoms with Crippen molar-refractivity contribution >= 4 is 5.91 Å². The third kappa shape index (κ3) is 5.02. The minimum absolute atomic E-state index is 0.136. The van der Waals surface area contributed by atoms with Crippen molar-refractivity contribution in [3.05, 3.63) is 47.9 Å². The Morgan fingerprint density at radius 3 is 2.40 bits per heavy atom. The van der Waals surface area contributed by atoms with Gasteiger partial charge in [-0.15, -0.1) is 0 Å². The normalized spacial score (nSPS) is 15.4. The predicted octanol–water partition coefficient (Wildman–Crippen LogP) is 4.32. The molecule has 0 aliphatic heterocycles. The topological polar surface area (TPSA) is 60.7 Å². The van der Waals surface area contributed by atoms with Gasteiger partial charge in [-0.25, -0.2) is 0 Å². The molecule has 1 saturated carbocycles. The number of methoxy groups -OCH3 is 1. The average Bonchev–Trinajstić information content (AvgIpc) is 2.98. The summed E-state index contributed by atoms with van der Waals surface area (Å²) in [5.41, 5.74) is 0. The molecule has 0 radical (unpaired) electrons. The highest BCUT2D eigenvalue weighted by atomic mass is 16.5. The van der Waals surface area contributed by atoms with E-state index in [0.717, 1.165) is 24.3 Å². The highest BCUT2D eigenvalue weighted by Gasteiger charge is 2.18. The highest BCUT2D eigenvalue weighted by Crippen LogP contribution is 2.20. The molecule has 0 bridgehead atoms. The smallest absolute Gasteiger partial charge is 0.287 e. The molecule has 1 N–H and O–H groups in total. The summed E-state index contributed by atoms with van der Waals surface area (Å²) in [6.45, 7) is 0.281. The molecule has 25 heavy (non-hydrogen) atoms. The Labute approximate surface area is 148 Å². The fraction of sp³-hybridized carbons (Fsp3) is 0.450. The first-order valence-corrected chi connectivity index (χ1v) is 8.91. The van der Waals surface area contributed by atoms with E-state index in [4.69, 9.17) is 13.9 Å². The van der Waals surface area contributed by atoms with Crippen molar-refractivity contribution in [3.63, 3.8) is 0 Å². The van der Waals surface area contributed by atoms with E-state index < -0.39 is 0 Å². The molecule has 1 aromatic carbocycles. The Morgan fingerprint density at radius 1 is 1.04 bits per heavy atom. The van der Waals surface area contributed by atoms with Crippen LogP contribution in [0.3, 0.4) is 0 Å². The van der Waals surface area contributed by atoms with Crippen LogP contribution in [0.5, 0.6) is 11.5 Å². The minimum Gasteiger partial charge on any atom is -0.497 e. The molecule has 1 aliphatic carbocycles. The van der Waals surface area contributed by atoms with Gasteiger partial charge >= 0.3 is 0 Å². The Kier molecular flexibility index (Phi) is 5.99. The van der Waals surface area contributed by atoms with Crippen LogP contribution in [-0.4, -0.2) is 19.1 Å². The van der Waals surface area contributed by atoms with Crippen molar-refractivity contribution in [1.82, 2.24) is 5.32 Å². The van der Waals surface area contributed by atoms with Gasteiger partial charge in [0.2, 0.25) is 0 Å². The maximum atomic E-state index is 12.3. The van der Waals surface area contributed by atoms with Gasteiger partial charge in [-0.2, -0.15) is 0 Å². The lowest BCUT2D eigenvalue weighted by molar-refractivity contribution is 0.0901. The zero-order valence-electron chi connectivity index (χ0n) is 14.6. The molecule has 0 spiro atoms. The number of ether oxygens (including phenoxy) is 2. The standard InChI is InChI=1S/C20H25NO4/c1-23-16-8-10-17(11-9-16)24-14-18-12-13-19(25-18)20(22)21-15-6-4-2-3-5-7-15/h8-13,15H,2-7,14H2,1H3,(H,21,22). The molecule has 0 saturated heterocycles. The zero-order chi connectivity index (χ0) is 17.5. The number of benzene rings is 1. The van der Waals surface area contributed by atoms with Crippen molar-refractivity contribution in [2.24, 2.45) is 0 Å². The lowest BCUT2D eigenvalue weighted by Crippen LogP contribution is -2.34. The maximum Gasteiger partial charge on any atom is 0.287 e. The predicted molar refractivity (Wildman–Crippen MR) is 95.0 cm³/mol. The largest absolute Gasteiger partial charge is 0.497 e. The van der Waals surface area contributed by atoms with E-state index in [2.05, 4.69) is 5.32 Å². The Balaban J connectivity index is 1.51. The van der Waals surface area contributed by atoms with Crippen molar-refractivity contribution in [2.45, 2.75) is 51.2 Å². The summed E-state index contributed by atoms with van der Waals surface area (Å²) in [5, 5.41) is 3.09. The maximum absolute atomic E-state index is 12.3. The summed E-state index contributed by atoms with van der Waals surface area (Å²) >= 11 is 0. The SMILES string of the molecule is COc1ccc(OCc2ccc(C(=O)NC3CCCCCC3)o2)cc1. The number of carbonyl (C=O) groups excluding carboxylic acids is 1. The molecule has 134 valence electrons. The number of rotatable bonds is 6. The lowest BCUT2D eigenvalue weighted by Gasteiger charge is -2.15. The van der Waals surface area contributed by atoms with Crippen LogP contribution in [0.15, 0.2) is 40.8 Å². The third-order valence-corrected chi connectivity index (χ3v) is 4.52. The summed E-state index contributed by atoms with van der Waals surface area (Å²) in [7, 11) is 1.63. The van der Waals surface area contributed by atoms with Crippen molar-refractivity contribution < 1.29 is 18.7 Å². The Morgan fingerprint density at radius 2 is 1.72 bits per heavy atom. The molecule has 1 heterocycles. The van der Waals surface area contributed by atoms with Crippen molar-refractivity contribution in [1.29, 1.82) is 0 Å². The van der Waals surface area contributed by atoms with E-state index in [0.29, 0.717) is 11.5 Å². The van der Waals surface area contributed by atoms with E-state index >= 15 is 0 Å². The monoisotopic (exact) mass is 343 g/mol. The molecule has 1 amide bonds. The number of hydrogen-bond acceptors (Lipinski definition) is 4. The second-order valence-electron chi connectivity index (χ2n) is 6.39. The van der Waals surface area contributed by atoms with Crippen LogP contribution in [0.25, 0.3) is 0 Å². The molecule has 5 heteroatoms. The van der Waals surface area contributed by atoms with Gasteiger partial charge in [0.25, 0.3) is 5.91 Å². The molecule has 3 rings (SSSR count). The number of hydrogen-bond donors (Lipinski definition) is 1. The Bertz CT molecular complexity index is 669. The van der Waals surface area contributed by atoms with Crippen molar-refractivity contribution in [3.8, 4) is 11.5 Å². The highest BCUT2D eigenvalue weighted by molar-refractivity contribution is 5.91. The van der Waals surface area contributed by atoms with Gasteiger partial charge in [0.1, 0.15) is 23.9 Å². The van der Waals surface area contributed by atoms with Gasteiger partial charge < -0.3 is 19.2 Å². The van der Waals surface area contributed by atoms with Crippen LogP contribution in [-0.2, 0) is 6.61 Å². The van der Waals surface area contributed by atoms with E-state index in [-0.39, 0.29) is 18.6 Å². The first-order chi connectivity index (χ1) is 12.2. The van der Waals surface area contributed by atoms with Crippen LogP contribution < -0.4 is 14.8 Å². The van der Waals surface area contributed by atoms with Crippen molar-refractivity contribution in [2.75, 3.05) is 7.11 Å². The van der Waals surface area contributed by atoms with E-state index in [1.54, 1.807) is 19.2 Å². The zero-order valence-corrected chi connectivity index (χ0v) is 14.6. The second-order valence-corrected chi connectivity index (χ2v) is 6.39. The Hall–Kier alpha value is -2.43. The minimum atomic E-state index is -0.136. The molecule has 1 aromatic heterocycles. The van der Waals surface area contributed by atoms with Gasteiger partial charge in [-0.3, -0.25) is 4.79 Å². The van der Waals surface area contributed by atoms with Gasteiger partial charge in [-0.05, 0) is 49.2 Å². The third-order valence-electron chi connectivity index (χ3n) is 4.52. The fourth-order valence-electron chi connectivity index (χ4n) is 3.08. The summed E-state index contributed by atoms with van der Waals surface area (Å²) in [6, 6.07) is 11.1. The van der Waals surface area contributed by atoms with Crippen LogP contribution in [0.2, 0.25) is 0 Å². The molecular weight excluding hydrogens is 318 g/mol. The first-order valence-electron chi connectivity index (χ1n) is 8.91. The number of carbonyl (C=O) groups is 1. The lowest BCUT2D eigenvalue weighted by atomic mass is 10.1. The first kappa shape index (κ1) is 17.4. The molecule has 0 unspecified atom stereocenters. The molecule has 1 aliphatic rings. The molecule has 2 aromatic rings. The summed E-state index contributed by atoms with van der Waals surface area (Å²) < 4.78 is 16.4. The summed E-state index contributed by atoms with van der Waals surface area (Å²) in [4.78, 5) is 12.3.